The van der Waals surface area contributed by atoms with E-state index in [-0.39, 0.29) is 11.9 Å². The number of furan rings is 1. The van der Waals surface area contributed by atoms with Crippen LogP contribution in [0.2, 0.25) is 0 Å². The van der Waals surface area contributed by atoms with E-state index >= 15 is 0 Å². The summed E-state index contributed by atoms with van der Waals surface area (Å²) in [6, 6.07) is 11.9. The molecule has 7 nitrogen and oxygen atoms in total. The van der Waals surface area contributed by atoms with Gasteiger partial charge in [0.2, 0.25) is 0 Å². The first-order chi connectivity index (χ1) is 15.3. The number of nitrogens with zero attached hydrogens (tertiary/aromatic N) is 5. The highest BCUT2D eigenvalue weighted by Gasteiger charge is 2.35. The second kappa shape index (κ2) is 9.13. The molecular formula is C23H25N5O2S. The summed E-state index contributed by atoms with van der Waals surface area (Å²) in [5.41, 5.74) is 2.11. The Labute approximate surface area is 185 Å². The summed E-state index contributed by atoms with van der Waals surface area (Å²) < 4.78 is 5.54. The molecule has 3 aromatic rings. The molecule has 2 aliphatic rings. The van der Waals surface area contributed by atoms with Crippen molar-refractivity contribution in [3.63, 3.8) is 0 Å². The van der Waals surface area contributed by atoms with Crippen LogP contribution >= 0.6 is 11.3 Å². The van der Waals surface area contributed by atoms with Crippen LogP contribution in [0.25, 0.3) is 0 Å². The second-order valence-corrected chi connectivity index (χ2v) is 8.88. The lowest BCUT2D eigenvalue weighted by atomic mass is 10.1. The Morgan fingerprint density at radius 3 is 2.58 bits per heavy atom. The van der Waals surface area contributed by atoms with Gasteiger partial charge in [-0.1, -0.05) is 6.07 Å². The average Bonchev–Trinajstić information content (AvgIpc) is 3.56. The molecule has 0 aliphatic carbocycles. The Bertz CT molecular complexity index is 1010. The van der Waals surface area contributed by atoms with E-state index in [4.69, 9.17) is 4.42 Å². The molecule has 0 radical (unpaired) electrons. The number of piperazine rings is 1. The van der Waals surface area contributed by atoms with Gasteiger partial charge in [-0.05, 0) is 41.3 Å². The molecule has 2 aliphatic heterocycles. The highest BCUT2D eigenvalue weighted by Crippen LogP contribution is 2.35. The number of carbonyl (C=O) groups excluding carboxylic acids is 1. The summed E-state index contributed by atoms with van der Waals surface area (Å²) in [7, 11) is 0. The first kappa shape index (κ1) is 20.1. The molecule has 1 fully saturated rings. The predicted octanol–water partition coefficient (Wildman–Crippen LogP) is 3.23. The Morgan fingerprint density at radius 2 is 1.87 bits per heavy atom. The summed E-state index contributed by atoms with van der Waals surface area (Å²) in [5, 5.41) is 8.39. The van der Waals surface area contributed by atoms with Gasteiger partial charge >= 0.3 is 0 Å². The highest BCUT2D eigenvalue weighted by atomic mass is 32.1. The molecule has 0 aromatic carbocycles. The van der Waals surface area contributed by atoms with Gasteiger partial charge in [0.25, 0.3) is 5.91 Å². The zero-order chi connectivity index (χ0) is 21.0. The van der Waals surface area contributed by atoms with Crippen molar-refractivity contribution < 1.29 is 9.21 Å². The minimum absolute atomic E-state index is 0.0440. The number of amides is 1. The Kier molecular flexibility index (Phi) is 5.93. The van der Waals surface area contributed by atoms with Gasteiger partial charge in [-0.3, -0.25) is 19.6 Å². The number of rotatable bonds is 6. The van der Waals surface area contributed by atoms with Gasteiger partial charge in [-0.15, -0.1) is 11.3 Å². The molecule has 5 rings (SSSR count). The third-order valence-corrected chi connectivity index (χ3v) is 6.80. The fourth-order valence-corrected chi connectivity index (χ4v) is 4.96. The van der Waals surface area contributed by atoms with Crippen molar-refractivity contribution in [1.82, 2.24) is 19.8 Å². The SMILES string of the molecule is O=C(CN1CCN(Cc2ccncc2)CC1)N1N=C(c2ccco2)CC1c1cccs1. The number of hydrazone groups is 1. The first-order valence-electron chi connectivity index (χ1n) is 10.6. The van der Waals surface area contributed by atoms with Crippen LogP contribution in [0.4, 0.5) is 0 Å². The first-order valence-corrected chi connectivity index (χ1v) is 11.4. The van der Waals surface area contributed by atoms with Gasteiger partial charge in [-0.25, -0.2) is 5.01 Å². The number of hydrogen-bond donors (Lipinski definition) is 0. The molecule has 1 atom stereocenters. The van der Waals surface area contributed by atoms with Gasteiger partial charge in [0.05, 0.1) is 18.8 Å². The minimum Gasteiger partial charge on any atom is -0.463 e. The van der Waals surface area contributed by atoms with Crippen LogP contribution in [-0.2, 0) is 11.3 Å². The van der Waals surface area contributed by atoms with E-state index < -0.39 is 0 Å². The van der Waals surface area contributed by atoms with Crippen LogP contribution in [0.3, 0.4) is 0 Å². The summed E-state index contributed by atoms with van der Waals surface area (Å²) in [5.74, 6) is 0.782. The van der Waals surface area contributed by atoms with Crippen LogP contribution in [0, 0.1) is 0 Å². The quantitative estimate of drug-likeness (QED) is 0.595. The van der Waals surface area contributed by atoms with Crippen molar-refractivity contribution in [2.45, 2.75) is 19.0 Å². The maximum Gasteiger partial charge on any atom is 0.257 e. The fraction of sp³-hybridized carbons (Fsp3) is 0.348. The molecule has 1 amide bonds. The minimum atomic E-state index is -0.0550. The van der Waals surface area contributed by atoms with Crippen LogP contribution in [0.1, 0.15) is 28.7 Å². The van der Waals surface area contributed by atoms with Gasteiger partial charge in [0, 0.05) is 56.4 Å². The van der Waals surface area contributed by atoms with Gasteiger partial charge in [0.1, 0.15) is 11.5 Å². The lowest BCUT2D eigenvalue weighted by Crippen LogP contribution is -2.49. The third-order valence-electron chi connectivity index (χ3n) is 5.82. The van der Waals surface area contributed by atoms with Crippen LogP contribution in [0.5, 0.6) is 0 Å². The molecule has 160 valence electrons. The number of hydrogen-bond acceptors (Lipinski definition) is 7. The highest BCUT2D eigenvalue weighted by molar-refractivity contribution is 7.10. The van der Waals surface area contributed by atoms with Crippen molar-refractivity contribution >= 4 is 23.0 Å². The third kappa shape index (κ3) is 4.61. The topological polar surface area (TPSA) is 65.2 Å². The standard InChI is InChI=1S/C23H25N5O2S/c29-23(17-27-11-9-26(10-12-27)16-18-5-7-24-8-6-18)28-20(22-4-2-14-31-22)15-19(25-28)21-3-1-13-30-21/h1-8,13-14,20H,9-12,15-17H2. The maximum absolute atomic E-state index is 13.2. The zero-order valence-electron chi connectivity index (χ0n) is 17.3. The molecule has 1 saturated heterocycles. The Balaban J connectivity index is 1.21. The van der Waals surface area contributed by atoms with E-state index in [1.54, 1.807) is 22.6 Å². The van der Waals surface area contributed by atoms with E-state index in [0.29, 0.717) is 13.0 Å². The van der Waals surface area contributed by atoms with E-state index in [2.05, 4.69) is 38.1 Å². The number of carbonyl (C=O) groups is 1. The molecule has 5 heterocycles. The number of aromatic nitrogens is 1. The zero-order valence-corrected chi connectivity index (χ0v) is 18.1. The molecule has 0 N–H and O–H groups in total. The van der Waals surface area contributed by atoms with Gasteiger partial charge in [-0.2, -0.15) is 5.10 Å². The Morgan fingerprint density at radius 1 is 1.06 bits per heavy atom. The van der Waals surface area contributed by atoms with E-state index in [9.17, 15) is 4.79 Å². The fourth-order valence-electron chi connectivity index (χ4n) is 4.15. The normalized spacial score (nSPS) is 20.2. The van der Waals surface area contributed by atoms with E-state index in [1.165, 1.54) is 5.56 Å². The molecule has 3 aromatic heterocycles. The lowest BCUT2D eigenvalue weighted by molar-refractivity contribution is -0.134. The van der Waals surface area contributed by atoms with E-state index in [0.717, 1.165) is 49.1 Å². The smallest absolute Gasteiger partial charge is 0.257 e. The number of pyridine rings is 1. The summed E-state index contributed by atoms with van der Waals surface area (Å²) in [6.07, 6.45) is 6.00. The summed E-state index contributed by atoms with van der Waals surface area (Å²) in [6.45, 7) is 4.97. The molecular weight excluding hydrogens is 410 g/mol. The van der Waals surface area contributed by atoms with Crippen molar-refractivity contribution in [1.29, 1.82) is 0 Å². The molecule has 0 saturated carbocycles. The largest absolute Gasteiger partial charge is 0.463 e. The average molecular weight is 436 g/mol. The number of thiophene rings is 1. The Hall–Kier alpha value is -2.81. The molecule has 31 heavy (non-hydrogen) atoms. The maximum atomic E-state index is 13.2. The van der Waals surface area contributed by atoms with Gasteiger partial charge < -0.3 is 4.42 Å². The van der Waals surface area contributed by atoms with Gasteiger partial charge in [0.15, 0.2) is 0 Å². The molecule has 0 bridgehead atoms. The monoisotopic (exact) mass is 435 g/mol. The predicted molar refractivity (Wildman–Crippen MR) is 120 cm³/mol. The van der Waals surface area contributed by atoms with Crippen molar-refractivity contribution in [3.05, 3.63) is 76.6 Å². The molecule has 0 spiro atoms. The van der Waals surface area contributed by atoms with Crippen molar-refractivity contribution in [2.75, 3.05) is 32.7 Å². The summed E-state index contributed by atoms with van der Waals surface area (Å²) >= 11 is 1.67. The van der Waals surface area contributed by atoms with Crippen molar-refractivity contribution in [3.8, 4) is 0 Å². The van der Waals surface area contributed by atoms with E-state index in [1.807, 2.05) is 36.0 Å². The molecule has 8 heteroatoms. The molecule has 1 unspecified atom stereocenters. The van der Waals surface area contributed by atoms with Crippen molar-refractivity contribution in [2.24, 2.45) is 5.10 Å². The van der Waals surface area contributed by atoms with Crippen LogP contribution < -0.4 is 0 Å². The van der Waals surface area contributed by atoms with Crippen LogP contribution in [-0.4, -0.2) is 64.1 Å². The summed E-state index contributed by atoms with van der Waals surface area (Å²) in [4.78, 5) is 23.1. The second-order valence-electron chi connectivity index (χ2n) is 7.91. The lowest BCUT2D eigenvalue weighted by Gasteiger charge is -2.35. The van der Waals surface area contributed by atoms with Crippen LogP contribution in [0.15, 0.2) is 70.0 Å².